The number of nitrogens with one attached hydrogen (secondary N) is 3. The lowest BCUT2D eigenvalue weighted by Crippen LogP contribution is -2.35. The molecular formula is C25H27N9O. The van der Waals surface area contributed by atoms with Crippen LogP contribution in [0.15, 0.2) is 55.4 Å². The van der Waals surface area contributed by atoms with E-state index in [0.717, 1.165) is 34.4 Å². The van der Waals surface area contributed by atoms with Crippen molar-refractivity contribution in [2.75, 3.05) is 24.1 Å². The van der Waals surface area contributed by atoms with Crippen molar-refractivity contribution < 1.29 is 4.79 Å². The van der Waals surface area contributed by atoms with Crippen molar-refractivity contribution in [1.82, 2.24) is 29.4 Å². The molecule has 35 heavy (non-hydrogen) atoms. The minimum atomic E-state index is 0.144. The number of benzene rings is 1. The van der Waals surface area contributed by atoms with Crippen molar-refractivity contribution >= 4 is 45.4 Å². The van der Waals surface area contributed by atoms with Crippen LogP contribution in [0.5, 0.6) is 0 Å². The summed E-state index contributed by atoms with van der Waals surface area (Å²) in [6.45, 7) is 3.61. The number of H-pyrrole nitrogens is 1. The Hall–Kier alpha value is -4.47. The summed E-state index contributed by atoms with van der Waals surface area (Å²) in [4.78, 5) is 30.7. The molecular weight excluding hydrogens is 442 g/mol. The van der Waals surface area contributed by atoms with Crippen LogP contribution >= 0.6 is 0 Å². The van der Waals surface area contributed by atoms with Gasteiger partial charge in [0.2, 0.25) is 5.91 Å². The number of nitrogens with zero attached hydrogens (tertiary/aromatic N) is 5. The normalized spacial score (nSPS) is 13.6. The maximum absolute atomic E-state index is 12.6. The summed E-state index contributed by atoms with van der Waals surface area (Å²) in [5.74, 6) is 0.814. The molecule has 0 aliphatic carbocycles. The first-order chi connectivity index (χ1) is 17.0. The lowest BCUT2D eigenvalue weighted by Gasteiger charge is -2.26. The van der Waals surface area contributed by atoms with E-state index in [1.165, 1.54) is 6.33 Å². The zero-order valence-corrected chi connectivity index (χ0v) is 19.5. The highest BCUT2D eigenvalue weighted by Gasteiger charge is 2.19. The topological polar surface area (TPSA) is 142 Å². The van der Waals surface area contributed by atoms with Gasteiger partial charge in [-0.1, -0.05) is 6.08 Å². The summed E-state index contributed by atoms with van der Waals surface area (Å²) in [6, 6.07) is 7.54. The van der Waals surface area contributed by atoms with Crippen molar-refractivity contribution in [2.24, 2.45) is 0 Å². The Morgan fingerprint density at radius 1 is 1.29 bits per heavy atom. The van der Waals surface area contributed by atoms with Crippen LogP contribution in [0.1, 0.15) is 31.0 Å². The fraction of sp³-hybridized carbons (Fsp3) is 0.240. The number of carbonyl (C=O) groups is 1. The summed E-state index contributed by atoms with van der Waals surface area (Å²) >= 11 is 0. The number of carbonyl (C=O) groups excluding carboxylic acids is 1. The van der Waals surface area contributed by atoms with Crippen LogP contribution in [0.25, 0.3) is 16.6 Å². The first-order valence-corrected chi connectivity index (χ1v) is 11.5. The van der Waals surface area contributed by atoms with Gasteiger partial charge in [-0.25, -0.2) is 15.0 Å². The average Bonchev–Trinajstić information content (AvgIpc) is 3.54. The van der Waals surface area contributed by atoms with Gasteiger partial charge in [-0.05, 0) is 43.2 Å². The third kappa shape index (κ3) is 4.77. The van der Waals surface area contributed by atoms with E-state index in [1.807, 2.05) is 33.9 Å². The van der Waals surface area contributed by atoms with E-state index in [0.29, 0.717) is 48.8 Å². The van der Waals surface area contributed by atoms with E-state index >= 15 is 0 Å². The molecule has 4 aromatic rings. The van der Waals surface area contributed by atoms with Crippen molar-refractivity contribution in [1.29, 1.82) is 5.41 Å². The number of rotatable bonds is 7. The lowest BCUT2D eigenvalue weighted by molar-refractivity contribution is -0.131. The van der Waals surface area contributed by atoms with Gasteiger partial charge in [0.05, 0.1) is 11.7 Å². The molecule has 0 spiro atoms. The number of aromatic nitrogens is 5. The molecule has 0 radical (unpaired) electrons. The number of imidazole rings is 1. The number of hydrogen-bond acceptors (Lipinski definition) is 7. The summed E-state index contributed by atoms with van der Waals surface area (Å²) in [5.41, 5.74) is 11.3. The van der Waals surface area contributed by atoms with Crippen LogP contribution in [-0.4, -0.2) is 54.1 Å². The highest BCUT2D eigenvalue weighted by molar-refractivity contribution is 6.02. The third-order valence-corrected chi connectivity index (χ3v) is 6.20. The Balaban J connectivity index is 1.31. The van der Waals surface area contributed by atoms with Gasteiger partial charge in [0.1, 0.15) is 17.8 Å². The van der Waals surface area contributed by atoms with Crippen LogP contribution in [0.4, 0.5) is 17.2 Å². The van der Waals surface area contributed by atoms with Gasteiger partial charge in [-0.3, -0.25) is 4.79 Å². The van der Waals surface area contributed by atoms with Crippen LogP contribution in [-0.2, 0) is 11.3 Å². The third-order valence-electron chi connectivity index (χ3n) is 6.20. The van der Waals surface area contributed by atoms with Crippen molar-refractivity contribution in [3.63, 3.8) is 0 Å². The molecule has 1 aliphatic rings. The molecule has 5 N–H and O–H groups in total. The largest absolute Gasteiger partial charge is 0.398 e. The molecule has 1 aliphatic heterocycles. The van der Waals surface area contributed by atoms with Crippen molar-refractivity contribution in [3.05, 3.63) is 66.6 Å². The summed E-state index contributed by atoms with van der Waals surface area (Å²) < 4.78 is 1.91. The Kier molecular flexibility index (Phi) is 6.01. The fourth-order valence-electron chi connectivity index (χ4n) is 4.25. The molecule has 0 unspecified atom stereocenters. The molecule has 1 aromatic carbocycles. The molecule has 0 atom stereocenters. The second-order valence-corrected chi connectivity index (χ2v) is 8.59. The van der Waals surface area contributed by atoms with Gasteiger partial charge < -0.3 is 30.9 Å². The van der Waals surface area contributed by atoms with Gasteiger partial charge in [0.15, 0.2) is 0 Å². The molecule has 0 bridgehead atoms. The average molecular weight is 470 g/mol. The molecule has 0 fully saturated rings. The Bertz CT molecular complexity index is 1420. The number of aryl methyl sites for hydroxylation is 1. The molecule has 10 nitrogen and oxygen atoms in total. The maximum atomic E-state index is 12.6. The quantitative estimate of drug-likeness (QED) is 0.241. The molecule has 3 aromatic heterocycles. The minimum absolute atomic E-state index is 0.144. The van der Waals surface area contributed by atoms with Crippen molar-refractivity contribution in [3.8, 4) is 0 Å². The van der Waals surface area contributed by atoms with Gasteiger partial charge in [-0.15, -0.1) is 0 Å². The molecule has 178 valence electrons. The molecule has 10 heteroatoms. The first kappa shape index (κ1) is 22.3. The zero-order chi connectivity index (χ0) is 24.4. The number of hydrogen-bond donors (Lipinski definition) is 4. The van der Waals surface area contributed by atoms with Crippen LogP contribution < -0.4 is 11.1 Å². The highest BCUT2D eigenvalue weighted by Crippen LogP contribution is 2.30. The van der Waals surface area contributed by atoms with E-state index in [1.54, 1.807) is 25.5 Å². The van der Waals surface area contributed by atoms with Gasteiger partial charge in [0, 0.05) is 66.8 Å². The lowest BCUT2D eigenvalue weighted by atomic mass is 10.0. The van der Waals surface area contributed by atoms with E-state index in [2.05, 4.69) is 31.3 Å². The second-order valence-electron chi connectivity index (χ2n) is 8.59. The van der Waals surface area contributed by atoms with E-state index < -0.39 is 0 Å². The minimum Gasteiger partial charge on any atom is -0.398 e. The van der Waals surface area contributed by atoms with E-state index in [-0.39, 0.29) is 5.91 Å². The number of fused-ring (bicyclic) bond motifs is 1. The monoisotopic (exact) mass is 469 g/mol. The number of nitrogen functional groups attached to an aromatic ring is 1. The Labute approximate surface area is 202 Å². The Morgan fingerprint density at radius 2 is 2.17 bits per heavy atom. The second kappa shape index (κ2) is 9.41. The molecule has 5 rings (SSSR count). The smallest absolute Gasteiger partial charge is 0.224 e. The number of nitrogens with two attached hydrogens (primary N) is 1. The van der Waals surface area contributed by atoms with Crippen LogP contribution in [0.3, 0.4) is 0 Å². The molecule has 0 saturated heterocycles. The fourth-order valence-corrected chi connectivity index (χ4v) is 4.25. The number of amides is 1. The maximum Gasteiger partial charge on any atom is 0.224 e. The zero-order valence-electron chi connectivity index (χ0n) is 19.5. The highest BCUT2D eigenvalue weighted by atomic mass is 16.2. The summed E-state index contributed by atoms with van der Waals surface area (Å²) in [5, 5.41) is 12.1. The predicted octanol–water partition coefficient (Wildman–Crippen LogP) is 3.57. The van der Waals surface area contributed by atoms with Gasteiger partial charge in [-0.2, -0.15) is 0 Å². The molecule has 4 heterocycles. The summed E-state index contributed by atoms with van der Waals surface area (Å²) in [7, 11) is 0. The Morgan fingerprint density at radius 3 is 2.91 bits per heavy atom. The number of aromatic amines is 1. The molecule has 1 amide bonds. The van der Waals surface area contributed by atoms with Crippen LogP contribution in [0, 0.1) is 5.41 Å². The van der Waals surface area contributed by atoms with Crippen LogP contribution in [0.2, 0.25) is 0 Å². The SMILES string of the molecule is CC(=N)c1cc(Nc2ncnc3[nH]c(C4=CCN(C(=O)CCn5ccnc5)CC4)cc23)ccc1N. The van der Waals surface area contributed by atoms with E-state index in [9.17, 15) is 4.79 Å². The van der Waals surface area contributed by atoms with E-state index in [4.69, 9.17) is 11.1 Å². The summed E-state index contributed by atoms with van der Waals surface area (Å²) in [6.07, 6.45) is 10.1. The van der Waals surface area contributed by atoms with Gasteiger partial charge in [0.25, 0.3) is 0 Å². The predicted molar refractivity (Wildman–Crippen MR) is 137 cm³/mol. The standard InChI is InChI=1S/C25H27N9O/c1-16(26)19-12-18(2-3-21(19)27)31-24-20-13-22(32-25(20)30-14-29-24)17-4-9-34(10-5-17)23(35)6-8-33-11-7-28-15-33/h2-4,7,11-15,26H,5-6,8-10,27H2,1H3,(H2,29,30,31,32). The van der Waals surface area contributed by atoms with Crippen molar-refractivity contribution in [2.45, 2.75) is 26.3 Å². The molecule has 0 saturated carbocycles. The number of anilines is 3. The first-order valence-electron chi connectivity index (χ1n) is 11.5. The van der Waals surface area contributed by atoms with Gasteiger partial charge >= 0.3 is 0 Å².